The number of aliphatic hydroxyl groups excluding tert-OH is 6. The van der Waals surface area contributed by atoms with Crippen molar-refractivity contribution in [1.82, 2.24) is 0 Å². The van der Waals surface area contributed by atoms with Gasteiger partial charge in [0.05, 0.1) is 24.2 Å². The lowest BCUT2D eigenvalue weighted by molar-refractivity contribution is -0.384. The molecule has 3 unspecified atom stereocenters. The van der Waals surface area contributed by atoms with Crippen LogP contribution >= 0.6 is 0 Å². The van der Waals surface area contributed by atoms with Gasteiger partial charge >= 0.3 is 0 Å². The second-order valence-electron chi connectivity index (χ2n) is 7.26. The number of rotatable bonds is 7. The number of nitro benzene ring substituents is 1. The van der Waals surface area contributed by atoms with Crippen molar-refractivity contribution in [1.29, 1.82) is 0 Å². The predicted octanol–water partition coefficient (Wildman–Crippen LogP) is -2.37. The standard InChI is InChI=1S/C18H25NO12/c20-6-11-14(23)15(24)16(25)18(30-11)31-17-10(22)5-13(29-12(17)7-21)28-9-3-1-8(2-4-9)19(26)27/h1-4,10-18,20-25H,5-7H2/t10-,11?,12?,13-,14-,15-,16?,17-,18-/m1/s1. The molecule has 2 heterocycles. The Kier molecular flexibility index (Phi) is 7.74. The van der Waals surface area contributed by atoms with Crippen LogP contribution in [0, 0.1) is 10.1 Å². The van der Waals surface area contributed by atoms with Gasteiger partial charge in [-0.1, -0.05) is 0 Å². The van der Waals surface area contributed by atoms with Crippen molar-refractivity contribution >= 4 is 5.69 Å². The fourth-order valence-corrected chi connectivity index (χ4v) is 3.44. The second kappa shape index (κ2) is 10.1. The monoisotopic (exact) mass is 447 g/mol. The summed E-state index contributed by atoms with van der Waals surface area (Å²) < 4.78 is 21.9. The highest BCUT2D eigenvalue weighted by atomic mass is 16.7. The van der Waals surface area contributed by atoms with Crippen molar-refractivity contribution in [3.8, 4) is 5.75 Å². The number of aliphatic hydroxyl groups is 6. The summed E-state index contributed by atoms with van der Waals surface area (Å²) in [5, 5.41) is 70.0. The van der Waals surface area contributed by atoms with Crippen LogP contribution in [0.3, 0.4) is 0 Å². The normalized spacial score (nSPS) is 38.6. The number of hydrogen-bond donors (Lipinski definition) is 6. The average molecular weight is 447 g/mol. The van der Waals surface area contributed by atoms with Crippen LogP contribution in [0.1, 0.15) is 6.42 Å². The molecule has 9 atom stereocenters. The van der Waals surface area contributed by atoms with Crippen LogP contribution in [0.2, 0.25) is 0 Å². The lowest BCUT2D eigenvalue weighted by atomic mass is 9.98. The average Bonchev–Trinajstić information content (AvgIpc) is 2.75. The molecule has 0 spiro atoms. The van der Waals surface area contributed by atoms with Crippen LogP contribution < -0.4 is 4.74 Å². The molecule has 0 aliphatic carbocycles. The van der Waals surface area contributed by atoms with Crippen LogP contribution in [0.25, 0.3) is 0 Å². The summed E-state index contributed by atoms with van der Waals surface area (Å²) in [5.74, 6) is 0.243. The summed E-state index contributed by atoms with van der Waals surface area (Å²) in [6.45, 7) is -1.25. The molecule has 174 valence electrons. The summed E-state index contributed by atoms with van der Waals surface area (Å²) in [6.07, 6.45) is -12.3. The molecule has 1 aromatic rings. The van der Waals surface area contributed by atoms with Gasteiger partial charge in [0.25, 0.3) is 5.69 Å². The van der Waals surface area contributed by atoms with E-state index in [0.717, 1.165) is 0 Å². The smallest absolute Gasteiger partial charge is 0.269 e. The number of non-ortho nitro benzene ring substituents is 1. The molecule has 6 N–H and O–H groups in total. The van der Waals surface area contributed by atoms with E-state index >= 15 is 0 Å². The zero-order valence-corrected chi connectivity index (χ0v) is 16.2. The molecule has 13 heteroatoms. The SMILES string of the molecule is O=[N+]([O-])c1ccc(O[C@H]2C[C@@H](O)[C@@H](O[C@H]3OC(CO)[C@@H](O)[C@@H](O)C3O)C(CO)O2)cc1. The van der Waals surface area contributed by atoms with Gasteiger partial charge in [-0.05, 0) is 12.1 Å². The molecular formula is C18H25NO12. The summed E-state index contributed by atoms with van der Waals surface area (Å²) in [7, 11) is 0. The Balaban J connectivity index is 1.64. The van der Waals surface area contributed by atoms with E-state index in [1.54, 1.807) is 0 Å². The summed E-state index contributed by atoms with van der Waals surface area (Å²) >= 11 is 0. The lowest BCUT2D eigenvalue weighted by Crippen LogP contribution is -2.62. The van der Waals surface area contributed by atoms with E-state index in [1.807, 2.05) is 0 Å². The second-order valence-corrected chi connectivity index (χ2v) is 7.26. The van der Waals surface area contributed by atoms with Gasteiger partial charge in [0.15, 0.2) is 6.29 Å². The zero-order valence-electron chi connectivity index (χ0n) is 16.2. The summed E-state index contributed by atoms with van der Waals surface area (Å²) in [6, 6.07) is 5.20. The van der Waals surface area contributed by atoms with Crippen molar-refractivity contribution in [2.24, 2.45) is 0 Å². The highest BCUT2D eigenvalue weighted by molar-refractivity contribution is 5.36. The van der Waals surface area contributed by atoms with Crippen molar-refractivity contribution in [3.63, 3.8) is 0 Å². The molecular weight excluding hydrogens is 422 g/mol. The maximum atomic E-state index is 10.7. The van der Waals surface area contributed by atoms with Crippen LogP contribution in [0.4, 0.5) is 5.69 Å². The highest BCUT2D eigenvalue weighted by Crippen LogP contribution is 2.30. The molecule has 2 saturated heterocycles. The Labute approximate surface area is 176 Å². The van der Waals surface area contributed by atoms with Crippen molar-refractivity contribution in [3.05, 3.63) is 34.4 Å². The molecule has 2 aliphatic rings. The third kappa shape index (κ3) is 5.28. The number of ether oxygens (including phenoxy) is 4. The van der Waals surface area contributed by atoms with E-state index in [0.29, 0.717) is 0 Å². The maximum Gasteiger partial charge on any atom is 0.269 e. The molecule has 0 bridgehead atoms. The van der Waals surface area contributed by atoms with Gasteiger partial charge in [0.1, 0.15) is 42.4 Å². The summed E-state index contributed by atoms with van der Waals surface area (Å²) in [5.41, 5.74) is -0.127. The first-order valence-corrected chi connectivity index (χ1v) is 9.56. The minimum Gasteiger partial charge on any atom is -0.465 e. The Hall–Kier alpha value is -1.94. The molecule has 13 nitrogen and oxygen atoms in total. The van der Waals surface area contributed by atoms with Gasteiger partial charge < -0.3 is 49.6 Å². The maximum absolute atomic E-state index is 10.7. The Bertz CT molecular complexity index is 731. The van der Waals surface area contributed by atoms with E-state index in [-0.39, 0.29) is 17.9 Å². The van der Waals surface area contributed by atoms with Gasteiger partial charge in [-0.3, -0.25) is 10.1 Å². The van der Waals surface area contributed by atoms with Gasteiger partial charge in [-0.2, -0.15) is 0 Å². The third-order valence-electron chi connectivity index (χ3n) is 5.14. The number of benzene rings is 1. The molecule has 2 aliphatic heterocycles. The molecule has 3 rings (SSSR count). The van der Waals surface area contributed by atoms with Crippen LogP contribution in [0.15, 0.2) is 24.3 Å². The molecule has 0 saturated carbocycles. The zero-order chi connectivity index (χ0) is 22.7. The first-order valence-electron chi connectivity index (χ1n) is 9.56. The molecule has 0 aromatic heterocycles. The van der Waals surface area contributed by atoms with E-state index in [1.165, 1.54) is 24.3 Å². The minimum atomic E-state index is -1.68. The van der Waals surface area contributed by atoms with E-state index in [9.17, 15) is 40.8 Å². The number of nitrogens with zero attached hydrogens (tertiary/aromatic N) is 1. The molecule has 2 fully saturated rings. The minimum absolute atomic E-state index is 0.115. The van der Waals surface area contributed by atoms with Gasteiger partial charge in [0, 0.05) is 18.6 Å². The molecule has 0 amide bonds. The van der Waals surface area contributed by atoms with Crippen LogP contribution in [0.5, 0.6) is 5.75 Å². The van der Waals surface area contributed by atoms with Crippen LogP contribution in [-0.4, -0.2) is 104 Å². The van der Waals surface area contributed by atoms with Crippen molar-refractivity contribution in [2.75, 3.05) is 13.2 Å². The van der Waals surface area contributed by atoms with Crippen molar-refractivity contribution < 1.29 is 54.5 Å². The molecule has 31 heavy (non-hydrogen) atoms. The number of hydrogen-bond acceptors (Lipinski definition) is 12. The van der Waals surface area contributed by atoms with E-state index in [2.05, 4.69) is 0 Å². The van der Waals surface area contributed by atoms with Gasteiger partial charge in [-0.25, -0.2) is 0 Å². The number of nitro groups is 1. The fraction of sp³-hybridized carbons (Fsp3) is 0.667. The first-order chi connectivity index (χ1) is 14.7. The fourth-order valence-electron chi connectivity index (χ4n) is 3.44. The van der Waals surface area contributed by atoms with Gasteiger partial charge in [0.2, 0.25) is 6.29 Å². The van der Waals surface area contributed by atoms with E-state index < -0.39 is 73.4 Å². The summed E-state index contributed by atoms with van der Waals surface area (Å²) in [4.78, 5) is 10.2. The van der Waals surface area contributed by atoms with Crippen molar-refractivity contribution in [2.45, 2.75) is 61.7 Å². The molecule has 1 aromatic carbocycles. The first kappa shape index (κ1) is 23.7. The quantitative estimate of drug-likeness (QED) is 0.192. The Morgan fingerprint density at radius 2 is 1.61 bits per heavy atom. The molecule has 0 radical (unpaired) electrons. The Morgan fingerprint density at radius 1 is 0.968 bits per heavy atom. The van der Waals surface area contributed by atoms with Crippen LogP contribution in [-0.2, 0) is 14.2 Å². The largest absolute Gasteiger partial charge is 0.465 e. The van der Waals surface area contributed by atoms with E-state index in [4.69, 9.17) is 18.9 Å². The Morgan fingerprint density at radius 3 is 2.19 bits per heavy atom. The lowest BCUT2D eigenvalue weighted by Gasteiger charge is -2.44. The topological polar surface area (TPSA) is 201 Å². The highest BCUT2D eigenvalue weighted by Gasteiger charge is 2.48. The predicted molar refractivity (Wildman–Crippen MR) is 98.7 cm³/mol. The van der Waals surface area contributed by atoms with Gasteiger partial charge in [-0.15, -0.1) is 0 Å². The third-order valence-corrected chi connectivity index (χ3v) is 5.14.